The summed E-state index contributed by atoms with van der Waals surface area (Å²) in [7, 11) is 0. The van der Waals surface area contributed by atoms with E-state index in [1.54, 1.807) is 6.08 Å². The van der Waals surface area contributed by atoms with Crippen LogP contribution in [-0.2, 0) is 9.53 Å². The van der Waals surface area contributed by atoms with E-state index in [2.05, 4.69) is 13.8 Å². The van der Waals surface area contributed by atoms with Gasteiger partial charge >= 0.3 is 0 Å². The predicted octanol–water partition coefficient (Wildman–Crippen LogP) is 5.60. The van der Waals surface area contributed by atoms with Crippen molar-refractivity contribution in [2.45, 2.75) is 58.2 Å². The van der Waals surface area contributed by atoms with Crippen molar-refractivity contribution in [1.82, 2.24) is 0 Å². The number of para-hydroxylation sites is 1. The summed E-state index contributed by atoms with van der Waals surface area (Å²) in [6.07, 6.45) is 10.4. The Hall–Kier alpha value is -2.07. The Bertz CT molecular complexity index is 974. The summed E-state index contributed by atoms with van der Waals surface area (Å²) in [5, 5.41) is 10.2. The molecule has 7 atom stereocenters. The first-order valence-corrected chi connectivity index (χ1v) is 11.9. The second-order valence-corrected chi connectivity index (χ2v) is 11.0. The quantitative estimate of drug-likeness (QED) is 0.647. The van der Waals surface area contributed by atoms with Crippen molar-refractivity contribution in [2.75, 3.05) is 6.61 Å². The molecule has 164 valence electrons. The van der Waals surface area contributed by atoms with Gasteiger partial charge in [-0.15, -0.1) is 0 Å². The molecule has 0 aromatic heterocycles. The van der Waals surface area contributed by atoms with Crippen LogP contribution in [0.4, 0.5) is 0 Å². The van der Waals surface area contributed by atoms with Gasteiger partial charge in [-0.3, -0.25) is 4.79 Å². The van der Waals surface area contributed by atoms with Gasteiger partial charge in [0.15, 0.2) is 5.76 Å². The molecule has 5 aliphatic rings. The molecule has 0 bridgehead atoms. The van der Waals surface area contributed by atoms with Gasteiger partial charge in [0.05, 0.1) is 0 Å². The summed E-state index contributed by atoms with van der Waals surface area (Å²) < 4.78 is 12.5. The summed E-state index contributed by atoms with van der Waals surface area (Å²) in [6, 6.07) is 10.1. The van der Waals surface area contributed by atoms with Gasteiger partial charge in [0.25, 0.3) is 0 Å². The number of epoxide rings is 1. The van der Waals surface area contributed by atoms with E-state index in [0.717, 1.165) is 37.9 Å². The molecule has 4 aliphatic carbocycles. The van der Waals surface area contributed by atoms with Crippen molar-refractivity contribution in [3.05, 3.63) is 53.8 Å². The molecule has 1 aromatic rings. The van der Waals surface area contributed by atoms with E-state index >= 15 is 0 Å². The van der Waals surface area contributed by atoms with Gasteiger partial charge < -0.3 is 14.6 Å². The van der Waals surface area contributed by atoms with E-state index in [9.17, 15) is 9.90 Å². The summed E-state index contributed by atoms with van der Waals surface area (Å²) in [4.78, 5) is 12.1. The summed E-state index contributed by atoms with van der Waals surface area (Å²) in [5.41, 5.74) is 1.25. The van der Waals surface area contributed by atoms with Gasteiger partial charge in [0.2, 0.25) is 11.6 Å². The Morgan fingerprint density at radius 1 is 1.06 bits per heavy atom. The number of benzene rings is 1. The smallest absolute Gasteiger partial charge is 0.237 e. The topological polar surface area (TPSA) is 59.1 Å². The average Bonchev–Trinajstić information content (AvgIpc) is 3.41. The van der Waals surface area contributed by atoms with Crippen LogP contribution in [0.1, 0.15) is 52.4 Å². The van der Waals surface area contributed by atoms with Crippen LogP contribution in [-0.4, -0.2) is 23.3 Å². The van der Waals surface area contributed by atoms with Crippen LogP contribution in [0.3, 0.4) is 0 Å². The molecule has 0 spiro atoms. The first-order valence-electron chi connectivity index (χ1n) is 11.9. The molecular weight excluding hydrogens is 388 g/mol. The molecule has 0 radical (unpaired) electrons. The van der Waals surface area contributed by atoms with Gasteiger partial charge in [-0.1, -0.05) is 37.6 Å². The van der Waals surface area contributed by atoms with E-state index in [4.69, 9.17) is 9.47 Å². The minimum atomic E-state index is -0.462. The van der Waals surface area contributed by atoms with E-state index in [-0.39, 0.29) is 22.4 Å². The average molecular weight is 421 g/mol. The normalized spacial score (nSPS) is 45.7. The number of ether oxygens (including phenoxy) is 2. The monoisotopic (exact) mass is 420 g/mol. The fraction of sp³-hybridized carbons (Fsp3) is 0.593. The number of aliphatic hydroxyl groups is 1. The van der Waals surface area contributed by atoms with Crippen LogP contribution in [0.5, 0.6) is 5.75 Å². The highest BCUT2D eigenvalue weighted by atomic mass is 16.8. The molecule has 1 saturated heterocycles. The maximum atomic E-state index is 12.1. The number of hydrogen-bond donors (Lipinski definition) is 1. The molecule has 1 aliphatic heterocycles. The summed E-state index contributed by atoms with van der Waals surface area (Å²) >= 11 is 0. The van der Waals surface area contributed by atoms with Crippen molar-refractivity contribution >= 4 is 5.78 Å². The minimum absolute atomic E-state index is 0.0638. The number of carbonyl (C=O) groups excluding carboxylic acids is 1. The highest BCUT2D eigenvalue weighted by Gasteiger charge is 2.67. The number of allylic oxidation sites excluding steroid dienone is 3. The first kappa shape index (κ1) is 19.6. The van der Waals surface area contributed by atoms with E-state index in [0.29, 0.717) is 30.3 Å². The zero-order chi connectivity index (χ0) is 21.4. The van der Waals surface area contributed by atoms with Crippen molar-refractivity contribution in [1.29, 1.82) is 0 Å². The predicted molar refractivity (Wildman–Crippen MR) is 117 cm³/mol. The van der Waals surface area contributed by atoms with Gasteiger partial charge in [-0.25, -0.2) is 0 Å². The molecule has 3 saturated carbocycles. The van der Waals surface area contributed by atoms with Crippen LogP contribution in [0, 0.1) is 34.5 Å². The van der Waals surface area contributed by atoms with Crippen molar-refractivity contribution in [3.8, 4) is 5.75 Å². The summed E-state index contributed by atoms with van der Waals surface area (Å²) in [6.45, 7) is 5.42. The third kappa shape index (κ3) is 2.73. The largest absolute Gasteiger partial charge is 0.504 e. The SMILES string of the molecule is C[C@]12CC[C@H]3[C@@H](CCC4=CC(=O)C(O)=C[C@@]43C)[C@@H]1CC[C@@H]2C1(Oc2ccccc2)CO1. The molecule has 1 unspecified atom stereocenters. The standard InChI is InChI=1S/C27H32O4/c1-25-13-12-21-19(9-8-17-14-22(28)23(29)15-26(17,21)2)20(25)10-11-24(25)27(16-30-27)31-18-6-4-3-5-7-18/h3-7,14-15,19-21,24,29H,8-13,16H2,1-2H3/t19-,20-,21-,24-,25-,26-,27?/m0/s1. The van der Waals surface area contributed by atoms with E-state index in [1.165, 1.54) is 12.0 Å². The molecule has 31 heavy (non-hydrogen) atoms. The Kier molecular flexibility index (Phi) is 4.09. The van der Waals surface area contributed by atoms with Gasteiger partial charge in [-0.05, 0) is 86.0 Å². The third-order valence-corrected chi connectivity index (χ3v) is 9.63. The molecule has 4 fully saturated rings. The lowest BCUT2D eigenvalue weighted by atomic mass is 9.47. The van der Waals surface area contributed by atoms with E-state index < -0.39 is 5.79 Å². The van der Waals surface area contributed by atoms with Crippen LogP contribution in [0.2, 0.25) is 0 Å². The minimum Gasteiger partial charge on any atom is -0.504 e. The van der Waals surface area contributed by atoms with Gasteiger partial charge in [0.1, 0.15) is 12.4 Å². The second kappa shape index (κ2) is 6.48. The molecule has 4 heteroatoms. The lowest BCUT2D eigenvalue weighted by Crippen LogP contribution is -2.52. The number of aliphatic hydroxyl groups excluding tert-OH is 1. The lowest BCUT2D eigenvalue weighted by molar-refractivity contribution is -0.115. The highest BCUT2D eigenvalue weighted by molar-refractivity contribution is 6.04. The molecule has 6 rings (SSSR count). The maximum absolute atomic E-state index is 12.1. The number of rotatable bonds is 3. The van der Waals surface area contributed by atoms with Crippen LogP contribution >= 0.6 is 0 Å². The molecular formula is C27H32O4. The molecule has 1 N–H and O–H groups in total. The maximum Gasteiger partial charge on any atom is 0.237 e. The van der Waals surface area contributed by atoms with Crippen molar-refractivity contribution in [3.63, 3.8) is 0 Å². The number of ketones is 1. The molecule has 0 amide bonds. The third-order valence-electron chi connectivity index (χ3n) is 9.63. The molecule has 4 nitrogen and oxygen atoms in total. The lowest BCUT2D eigenvalue weighted by Gasteiger charge is -2.57. The number of carbonyl (C=O) groups is 1. The van der Waals surface area contributed by atoms with Crippen molar-refractivity contribution in [2.24, 2.45) is 34.5 Å². The van der Waals surface area contributed by atoms with Crippen molar-refractivity contribution < 1.29 is 19.4 Å². The number of fused-ring (bicyclic) bond motifs is 5. The fourth-order valence-electron chi connectivity index (χ4n) is 8.09. The van der Waals surface area contributed by atoms with Crippen LogP contribution in [0.25, 0.3) is 0 Å². The number of hydrogen-bond acceptors (Lipinski definition) is 4. The van der Waals surface area contributed by atoms with Gasteiger partial charge in [0, 0.05) is 11.3 Å². The first-order chi connectivity index (χ1) is 14.9. The Morgan fingerprint density at radius 3 is 2.58 bits per heavy atom. The zero-order valence-electron chi connectivity index (χ0n) is 18.5. The fourth-order valence-corrected chi connectivity index (χ4v) is 8.09. The zero-order valence-corrected chi connectivity index (χ0v) is 18.5. The second-order valence-electron chi connectivity index (χ2n) is 11.0. The molecule has 1 heterocycles. The van der Waals surface area contributed by atoms with E-state index in [1.807, 2.05) is 36.4 Å². The highest BCUT2D eigenvalue weighted by Crippen LogP contribution is 2.68. The summed E-state index contributed by atoms with van der Waals surface area (Å²) in [5.74, 6) is 2.31. The molecule has 1 aromatic carbocycles. The Morgan fingerprint density at radius 2 is 1.84 bits per heavy atom. The van der Waals surface area contributed by atoms with Crippen LogP contribution < -0.4 is 4.74 Å². The Balaban J connectivity index is 1.29. The van der Waals surface area contributed by atoms with Gasteiger partial charge in [-0.2, -0.15) is 0 Å². The van der Waals surface area contributed by atoms with Crippen LogP contribution in [0.15, 0.2) is 53.8 Å². The Labute approximate surface area is 184 Å².